The van der Waals surface area contributed by atoms with Crippen LogP contribution in [0.3, 0.4) is 0 Å². The first kappa shape index (κ1) is 16.1. The molecule has 0 N–H and O–H groups in total. The number of piperidine rings is 1. The molecule has 1 aromatic heterocycles. The number of carbonyl (C=O) groups excluding carboxylic acids is 1. The first-order chi connectivity index (χ1) is 12.8. The van der Waals surface area contributed by atoms with Gasteiger partial charge in [-0.3, -0.25) is 9.69 Å². The van der Waals surface area contributed by atoms with Crippen LogP contribution in [0, 0.1) is 0 Å². The molecule has 136 valence electrons. The van der Waals surface area contributed by atoms with E-state index >= 15 is 0 Å². The lowest BCUT2D eigenvalue weighted by molar-refractivity contribution is 0.0306. The number of hydrogen-bond acceptors (Lipinski definition) is 6. The summed E-state index contributed by atoms with van der Waals surface area (Å²) in [6, 6.07) is 8.07. The predicted molar refractivity (Wildman–Crippen MR) is 97.8 cm³/mol. The molecular formula is C19H21N3O3S. The van der Waals surface area contributed by atoms with Crippen molar-refractivity contribution < 1.29 is 14.3 Å². The summed E-state index contributed by atoms with van der Waals surface area (Å²) in [5, 5.41) is 0. The van der Waals surface area contributed by atoms with Crippen molar-refractivity contribution in [2.45, 2.75) is 31.5 Å². The van der Waals surface area contributed by atoms with Gasteiger partial charge < -0.3 is 14.4 Å². The van der Waals surface area contributed by atoms with Gasteiger partial charge in [-0.1, -0.05) is 12.1 Å². The summed E-state index contributed by atoms with van der Waals surface area (Å²) in [6.45, 7) is 4.05. The van der Waals surface area contributed by atoms with Crippen LogP contribution in [0.4, 0.5) is 0 Å². The van der Waals surface area contributed by atoms with Crippen molar-refractivity contribution in [3.8, 4) is 11.5 Å². The zero-order valence-electron chi connectivity index (χ0n) is 14.5. The van der Waals surface area contributed by atoms with Gasteiger partial charge in [-0.2, -0.15) is 0 Å². The highest BCUT2D eigenvalue weighted by molar-refractivity contribution is 7.10. The van der Waals surface area contributed by atoms with Crippen molar-refractivity contribution in [1.82, 2.24) is 14.8 Å². The zero-order valence-corrected chi connectivity index (χ0v) is 15.3. The van der Waals surface area contributed by atoms with E-state index in [1.165, 1.54) is 0 Å². The molecule has 6 nitrogen and oxygen atoms in total. The van der Waals surface area contributed by atoms with E-state index in [0.29, 0.717) is 18.8 Å². The topological polar surface area (TPSA) is 54.9 Å². The van der Waals surface area contributed by atoms with Gasteiger partial charge in [0.05, 0.1) is 16.9 Å². The number of ether oxygens (including phenoxy) is 2. The number of carbonyl (C=O) groups is 1. The standard InChI is InChI=1S/C19H21N3O3S/c23-19-18-17(26-12-20-18)10-22(19)13-4-3-7-21(8-13)9-14-11-24-15-5-1-2-6-16(15)25-14/h1-2,5-6,12-14H,3-4,7-11H2. The number of likely N-dealkylation sites (tertiary alicyclic amines) is 1. The van der Waals surface area contributed by atoms with E-state index in [-0.39, 0.29) is 18.1 Å². The number of thiazole rings is 1. The molecule has 0 saturated carbocycles. The van der Waals surface area contributed by atoms with E-state index in [0.717, 1.165) is 48.9 Å². The molecule has 0 bridgehead atoms. The van der Waals surface area contributed by atoms with Crippen molar-refractivity contribution in [3.63, 3.8) is 0 Å². The lowest BCUT2D eigenvalue weighted by Gasteiger charge is -2.39. The largest absolute Gasteiger partial charge is 0.486 e. The van der Waals surface area contributed by atoms with E-state index in [1.54, 1.807) is 16.8 Å². The summed E-state index contributed by atoms with van der Waals surface area (Å²) in [7, 11) is 0. The molecule has 7 heteroatoms. The molecule has 1 aromatic carbocycles. The Hall–Kier alpha value is -2.12. The van der Waals surface area contributed by atoms with Gasteiger partial charge in [-0.05, 0) is 31.5 Å². The number of fused-ring (bicyclic) bond motifs is 2. The van der Waals surface area contributed by atoms with Gasteiger partial charge in [-0.15, -0.1) is 11.3 Å². The van der Waals surface area contributed by atoms with E-state index in [2.05, 4.69) is 9.88 Å². The van der Waals surface area contributed by atoms with Crippen LogP contribution in [0.15, 0.2) is 29.8 Å². The lowest BCUT2D eigenvalue weighted by Crippen LogP contribution is -2.51. The van der Waals surface area contributed by atoms with Crippen molar-refractivity contribution >= 4 is 17.2 Å². The van der Waals surface area contributed by atoms with Gasteiger partial charge in [-0.25, -0.2) is 4.98 Å². The Kier molecular flexibility index (Phi) is 4.05. The first-order valence-corrected chi connectivity index (χ1v) is 10.00. The third-order valence-corrected chi connectivity index (χ3v) is 6.19. The smallest absolute Gasteiger partial charge is 0.274 e. The second-order valence-corrected chi connectivity index (χ2v) is 8.05. The molecule has 26 heavy (non-hydrogen) atoms. The van der Waals surface area contributed by atoms with Crippen molar-refractivity contribution in [2.75, 3.05) is 26.2 Å². The van der Waals surface area contributed by atoms with Gasteiger partial charge in [0.2, 0.25) is 0 Å². The lowest BCUT2D eigenvalue weighted by atomic mass is 10.0. The molecular weight excluding hydrogens is 350 g/mol. The van der Waals surface area contributed by atoms with Crippen LogP contribution in [0.5, 0.6) is 11.5 Å². The molecule has 0 radical (unpaired) electrons. The number of aromatic nitrogens is 1. The second kappa shape index (κ2) is 6.55. The highest BCUT2D eigenvalue weighted by Gasteiger charge is 2.37. The average Bonchev–Trinajstić information content (AvgIpc) is 3.25. The molecule has 1 amide bonds. The van der Waals surface area contributed by atoms with E-state index in [1.807, 2.05) is 29.2 Å². The Morgan fingerprint density at radius 3 is 3.04 bits per heavy atom. The zero-order chi connectivity index (χ0) is 17.5. The van der Waals surface area contributed by atoms with Crippen molar-refractivity contribution in [1.29, 1.82) is 0 Å². The fraction of sp³-hybridized carbons (Fsp3) is 0.474. The molecule has 2 unspecified atom stereocenters. The SMILES string of the molecule is O=C1c2ncsc2CN1C1CCCN(CC2COc3ccccc3O2)C1. The predicted octanol–water partition coefficient (Wildman–Crippen LogP) is 2.40. The molecule has 4 heterocycles. The molecule has 1 fully saturated rings. The van der Waals surface area contributed by atoms with Crippen LogP contribution in [-0.2, 0) is 6.54 Å². The highest BCUT2D eigenvalue weighted by Crippen LogP contribution is 2.32. The third-order valence-electron chi connectivity index (χ3n) is 5.37. The molecule has 2 atom stereocenters. The molecule has 1 saturated heterocycles. The van der Waals surface area contributed by atoms with E-state index < -0.39 is 0 Å². The normalized spacial score (nSPS) is 25.4. The van der Waals surface area contributed by atoms with E-state index in [4.69, 9.17) is 9.47 Å². The number of rotatable bonds is 3. The highest BCUT2D eigenvalue weighted by atomic mass is 32.1. The summed E-state index contributed by atoms with van der Waals surface area (Å²) in [6.07, 6.45) is 2.18. The summed E-state index contributed by atoms with van der Waals surface area (Å²) in [5.74, 6) is 1.74. The second-order valence-electron chi connectivity index (χ2n) is 7.11. The number of para-hydroxylation sites is 2. The van der Waals surface area contributed by atoms with Gasteiger partial charge in [0.25, 0.3) is 5.91 Å². The Labute approximate surface area is 156 Å². The minimum absolute atomic E-state index is 0.0289. The van der Waals surface area contributed by atoms with Crippen LogP contribution in [-0.4, -0.2) is 59.1 Å². The number of nitrogens with zero attached hydrogens (tertiary/aromatic N) is 3. The summed E-state index contributed by atoms with van der Waals surface area (Å²) < 4.78 is 11.9. The summed E-state index contributed by atoms with van der Waals surface area (Å²) in [4.78, 5) is 22.4. The van der Waals surface area contributed by atoms with Crippen LogP contribution >= 0.6 is 11.3 Å². The Morgan fingerprint density at radius 2 is 2.15 bits per heavy atom. The minimum Gasteiger partial charge on any atom is -0.486 e. The van der Waals surface area contributed by atoms with Gasteiger partial charge in [0, 0.05) is 19.1 Å². The molecule has 0 aliphatic carbocycles. The van der Waals surface area contributed by atoms with E-state index in [9.17, 15) is 4.79 Å². The van der Waals surface area contributed by atoms with Gasteiger partial charge in [0.1, 0.15) is 18.4 Å². The molecule has 2 aromatic rings. The minimum atomic E-state index is 0.0289. The maximum atomic E-state index is 12.6. The van der Waals surface area contributed by atoms with Crippen LogP contribution in [0.1, 0.15) is 28.2 Å². The van der Waals surface area contributed by atoms with Crippen LogP contribution < -0.4 is 9.47 Å². The molecule has 0 spiro atoms. The summed E-state index contributed by atoms with van der Waals surface area (Å²) in [5.41, 5.74) is 2.43. The summed E-state index contributed by atoms with van der Waals surface area (Å²) >= 11 is 1.58. The number of amides is 1. The van der Waals surface area contributed by atoms with Crippen LogP contribution in [0.2, 0.25) is 0 Å². The average molecular weight is 371 g/mol. The fourth-order valence-corrected chi connectivity index (χ4v) is 4.86. The Bertz CT molecular complexity index is 824. The third kappa shape index (κ3) is 2.85. The van der Waals surface area contributed by atoms with Crippen molar-refractivity contribution in [3.05, 3.63) is 40.3 Å². The maximum absolute atomic E-state index is 12.6. The van der Waals surface area contributed by atoms with Crippen molar-refractivity contribution in [2.24, 2.45) is 0 Å². The fourth-order valence-electron chi connectivity index (χ4n) is 4.11. The molecule has 3 aliphatic rings. The quantitative estimate of drug-likeness (QED) is 0.829. The first-order valence-electron chi connectivity index (χ1n) is 9.12. The number of benzene rings is 1. The van der Waals surface area contributed by atoms with Gasteiger partial charge >= 0.3 is 0 Å². The monoisotopic (exact) mass is 371 g/mol. The maximum Gasteiger partial charge on any atom is 0.274 e. The molecule has 3 aliphatic heterocycles. The Balaban J connectivity index is 1.22. The number of hydrogen-bond donors (Lipinski definition) is 0. The van der Waals surface area contributed by atoms with Crippen LogP contribution in [0.25, 0.3) is 0 Å². The van der Waals surface area contributed by atoms with Gasteiger partial charge in [0.15, 0.2) is 11.5 Å². The Morgan fingerprint density at radius 1 is 1.27 bits per heavy atom. The molecule has 5 rings (SSSR count).